The average molecular weight is 355 g/mol. The number of carboxylic acids is 1. The van der Waals surface area contributed by atoms with E-state index in [1.807, 2.05) is 13.8 Å². The Labute approximate surface area is 148 Å². The van der Waals surface area contributed by atoms with Crippen molar-refractivity contribution in [2.24, 2.45) is 11.8 Å². The molecule has 25 heavy (non-hydrogen) atoms. The van der Waals surface area contributed by atoms with Crippen molar-refractivity contribution in [2.45, 2.75) is 65.0 Å². The molecule has 0 aromatic carbocycles. The van der Waals surface area contributed by atoms with E-state index in [1.165, 1.54) is 6.92 Å². The standard InChI is InChI=1S/C17H29N3O5/c1-10(2)8-13(17(24)25)20-14(22)9-18-16(23)15(19-11(3)21)12-6-4-5-7-12/h10,12-13,15H,4-9H2,1-3H3,(H,18,23)(H,19,21)(H,20,22)(H,24,25)/t13-,15?/m0/s1. The Balaban J connectivity index is 2.54. The van der Waals surface area contributed by atoms with Crippen LogP contribution in [0.2, 0.25) is 0 Å². The molecule has 1 rings (SSSR count). The Bertz CT molecular complexity index is 501. The first kappa shape index (κ1) is 20.9. The first-order valence-corrected chi connectivity index (χ1v) is 8.77. The molecule has 0 radical (unpaired) electrons. The summed E-state index contributed by atoms with van der Waals surface area (Å²) in [4.78, 5) is 46.8. The van der Waals surface area contributed by atoms with E-state index in [0.29, 0.717) is 6.42 Å². The SMILES string of the molecule is CC(=O)NC(C(=O)NCC(=O)N[C@@H](CC(C)C)C(=O)O)C1CCCC1. The monoisotopic (exact) mass is 355 g/mol. The molecule has 142 valence electrons. The van der Waals surface area contributed by atoms with E-state index in [0.717, 1.165) is 25.7 Å². The predicted molar refractivity (Wildman–Crippen MR) is 91.6 cm³/mol. The van der Waals surface area contributed by atoms with Gasteiger partial charge in [-0.2, -0.15) is 0 Å². The fourth-order valence-corrected chi connectivity index (χ4v) is 3.12. The molecule has 1 aliphatic rings. The van der Waals surface area contributed by atoms with Crippen LogP contribution in [0.15, 0.2) is 0 Å². The van der Waals surface area contributed by atoms with Crippen LogP contribution in [-0.2, 0) is 19.2 Å². The number of hydrogen-bond acceptors (Lipinski definition) is 4. The van der Waals surface area contributed by atoms with Crippen molar-refractivity contribution in [3.63, 3.8) is 0 Å². The van der Waals surface area contributed by atoms with Crippen molar-refractivity contribution in [3.05, 3.63) is 0 Å². The topological polar surface area (TPSA) is 125 Å². The summed E-state index contributed by atoms with van der Waals surface area (Å²) in [5.41, 5.74) is 0. The van der Waals surface area contributed by atoms with E-state index < -0.39 is 29.9 Å². The maximum absolute atomic E-state index is 12.3. The van der Waals surface area contributed by atoms with Crippen LogP contribution in [-0.4, -0.2) is 47.4 Å². The number of rotatable bonds is 9. The molecule has 0 heterocycles. The molecule has 4 N–H and O–H groups in total. The van der Waals surface area contributed by atoms with Gasteiger partial charge in [0.15, 0.2) is 0 Å². The van der Waals surface area contributed by atoms with Gasteiger partial charge in [0.25, 0.3) is 0 Å². The Hall–Kier alpha value is -2.12. The Kier molecular flexibility index (Phi) is 8.37. The first-order chi connectivity index (χ1) is 11.7. The Morgan fingerprint density at radius 3 is 2.16 bits per heavy atom. The lowest BCUT2D eigenvalue weighted by molar-refractivity contribution is -0.142. The number of hydrogen-bond donors (Lipinski definition) is 4. The van der Waals surface area contributed by atoms with Crippen LogP contribution >= 0.6 is 0 Å². The average Bonchev–Trinajstić information content (AvgIpc) is 3.03. The third kappa shape index (κ3) is 7.53. The summed E-state index contributed by atoms with van der Waals surface area (Å²) in [6.45, 7) is 4.77. The summed E-state index contributed by atoms with van der Waals surface area (Å²) in [5.74, 6) is -2.18. The molecule has 1 saturated carbocycles. The van der Waals surface area contributed by atoms with Gasteiger partial charge in [-0.3, -0.25) is 14.4 Å². The van der Waals surface area contributed by atoms with E-state index in [9.17, 15) is 19.2 Å². The third-order valence-electron chi connectivity index (χ3n) is 4.28. The molecule has 0 spiro atoms. The molecule has 0 aromatic heterocycles. The molecule has 0 aromatic rings. The molecule has 8 heteroatoms. The van der Waals surface area contributed by atoms with E-state index in [-0.39, 0.29) is 24.3 Å². The van der Waals surface area contributed by atoms with Crippen molar-refractivity contribution < 1.29 is 24.3 Å². The van der Waals surface area contributed by atoms with Crippen molar-refractivity contribution in [1.29, 1.82) is 0 Å². The third-order valence-corrected chi connectivity index (χ3v) is 4.28. The number of carbonyl (C=O) groups is 4. The van der Waals surface area contributed by atoms with Crippen molar-refractivity contribution in [3.8, 4) is 0 Å². The fraction of sp³-hybridized carbons (Fsp3) is 0.765. The van der Waals surface area contributed by atoms with E-state index in [1.54, 1.807) is 0 Å². The zero-order chi connectivity index (χ0) is 19.0. The first-order valence-electron chi connectivity index (χ1n) is 8.77. The van der Waals surface area contributed by atoms with Crippen LogP contribution in [0.3, 0.4) is 0 Å². The number of carbonyl (C=O) groups excluding carboxylic acids is 3. The smallest absolute Gasteiger partial charge is 0.326 e. The zero-order valence-corrected chi connectivity index (χ0v) is 15.1. The summed E-state index contributed by atoms with van der Waals surface area (Å²) in [6, 6.07) is -1.64. The van der Waals surface area contributed by atoms with Crippen LogP contribution in [0.1, 0.15) is 52.9 Å². The number of amides is 3. The highest BCUT2D eigenvalue weighted by Gasteiger charge is 2.31. The molecule has 8 nitrogen and oxygen atoms in total. The van der Waals surface area contributed by atoms with E-state index >= 15 is 0 Å². The summed E-state index contributed by atoms with van der Waals surface area (Å²) in [7, 11) is 0. The van der Waals surface area contributed by atoms with Gasteiger partial charge < -0.3 is 21.1 Å². The van der Waals surface area contributed by atoms with E-state index in [4.69, 9.17) is 5.11 Å². The van der Waals surface area contributed by atoms with Crippen LogP contribution in [0, 0.1) is 11.8 Å². The molecule has 0 saturated heterocycles. The van der Waals surface area contributed by atoms with Crippen molar-refractivity contribution in [1.82, 2.24) is 16.0 Å². The summed E-state index contributed by atoms with van der Waals surface area (Å²) < 4.78 is 0. The minimum absolute atomic E-state index is 0.0691. The maximum atomic E-state index is 12.3. The van der Waals surface area contributed by atoms with Crippen LogP contribution in [0.5, 0.6) is 0 Å². The van der Waals surface area contributed by atoms with Crippen molar-refractivity contribution in [2.75, 3.05) is 6.54 Å². The van der Waals surface area contributed by atoms with Gasteiger partial charge in [0, 0.05) is 6.92 Å². The van der Waals surface area contributed by atoms with Gasteiger partial charge in [-0.15, -0.1) is 0 Å². The molecule has 3 amide bonds. The second-order valence-corrected chi connectivity index (χ2v) is 7.03. The normalized spacial score (nSPS) is 17.0. The van der Waals surface area contributed by atoms with E-state index in [2.05, 4.69) is 16.0 Å². The molecule has 1 aliphatic carbocycles. The molecule has 1 fully saturated rings. The van der Waals surface area contributed by atoms with Crippen LogP contribution in [0.25, 0.3) is 0 Å². The number of nitrogens with one attached hydrogen (secondary N) is 3. The van der Waals surface area contributed by atoms with Gasteiger partial charge in [-0.1, -0.05) is 26.7 Å². The summed E-state index contributed by atoms with van der Waals surface area (Å²) in [5, 5.41) is 16.7. The van der Waals surface area contributed by atoms with Gasteiger partial charge in [0.05, 0.1) is 6.54 Å². The molecule has 1 unspecified atom stereocenters. The molecule has 0 aliphatic heterocycles. The molecular formula is C17H29N3O5. The second kappa shape index (κ2) is 10.0. The van der Waals surface area contributed by atoms with Gasteiger partial charge in [-0.25, -0.2) is 4.79 Å². The lowest BCUT2D eigenvalue weighted by Gasteiger charge is -2.23. The number of carboxylic acid groups (broad SMARTS) is 1. The van der Waals surface area contributed by atoms with Gasteiger partial charge in [0.2, 0.25) is 17.7 Å². The van der Waals surface area contributed by atoms with Crippen molar-refractivity contribution >= 4 is 23.7 Å². The lowest BCUT2D eigenvalue weighted by atomic mass is 9.97. The maximum Gasteiger partial charge on any atom is 0.326 e. The summed E-state index contributed by atoms with van der Waals surface area (Å²) in [6.07, 6.45) is 4.07. The molecular weight excluding hydrogens is 326 g/mol. The van der Waals surface area contributed by atoms with Crippen LogP contribution in [0.4, 0.5) is 0 Å². The van der Waals surface area contributed by atoms with Gasteiger partial charge >= 0.3 is 5.97 Å². The van der Waals surface area contributed by atoms with Gasteiger partial charge in [0.1, 0.15) is 12.1 Å². The quantitative estimate of drug-likeness (QED) is 0.477. The highest BCUT2D eigenvalue weighted by atomic mass is 16.4. The number of aliphatic carboxylic acids is 1. The minimum atomic E-state index is -1.10. The summed E-state index contributed by atoms with van der Waals surface area (Å²) >= 11 is 0. The Morgan fingerprint density at radius 1 is 1.08 bits per heavy atom. The Morgan fingerprint density at radius 2 is 1.68 bits per heavy atom. The fourth-order valence-electron chi connectivity index (χ4n) is 3.12. The zero-order valence-electron chi connectivity index (χ0n) is 15.1. The predicted octanol–water partition coefficient (Wildman–Crippen LogP) is 0.413. The second-order valence-electron chi connectivity index (χ2n) is 7.03. The largest absolute Gasteiger partial charge is 0.480 e. The molecule has 2 atom stereocenters. The lowest BCUT2D eigenvalue weighted by Crippen LogP contribution is -2.52. The van der Waals surface area contributed by atoms with Gasteiger partial charge in [-0.05, 0) is 31.1 Å². The highest BCUT2D eigenvalue weighted by Crippen LogP contribution is 2.27. The van der Waals surface area contributed by atoms with Crippen LogP contribution < -0.4 is 16.0 Å². The highest BCUT2D eigenvalue weighted by molar-refractivity contribution is 5.91. The minimum Gasteiger partial charge on any atom is -0.480 e. The molecule has 0 bridgehead atoms.